The van der Waals surface area contributed by atoms with Gasteiger partial charge in [-0.2, -0.15) is 0 Å². The molecule has 0 aliphatic rings. The molecule has 0 aliphatic carbocycles. The molecule has 0 amide bonds. The first-order chi connectivity index (χ1) is 13.7. The highest BCUT2D eigenvalue weighted by atomic mass is 79.9. The molecule has 3 aromatic carbocycles. The van der Waals surface area contributed by atoms with Crippen LogP contribution >= 0.6 is 15.9 Å². The van der Waals surface area contributed by atoms with Crippen LogP contribution in [0.1, 0.15) is 11.1 Å². The molecule has 5 nitrogen and oxygen atoms in total. The van der Waals surface area contributed by atoms with Crippen molar-refractivity contribution in [2.75, 3.05) is 0 Å². The van der Waals surface area contributed by atoms with Crippen molar-refractivity contribution in [2.45, 2.75) is 13.2 Å². The maximum absolute atomic E-state index is 11.2. The Morgan fingerprint density at radius 3 is 2.43 bits per heavy atom. The molecular formula is C22H17BrN2O3. The van der Waals surface area contributed by atoms with Crippen molar-refractivity contribution in [2.24, 2.45) is 5.18 Å². The highest BCUT2D eigenvalue weighted by molar-refractivity contribution is 9.10. The van der Waals surface area contributed by atoms with Gasteiger partial charge in [-0.1, -0.05) is 58.4 Å². The van der Waals surface area contributed by atoms with Gasteiger partial charge in [0, 0.05) is 9.86 Å². The van der Waals surface area contributed by atoms with E-state index < -0.39 is 0 Å². The minimum atomic E-state index is -0.132. The van der Waals surface area contributed by atoms with Gasteiger partial charge in [0.15, 0.2) is 5.69 Å². The van der Waals surface area contributed by atoms with Crippen LogP contribution in [0.4, 0.5) is 5.69 Å². The molecule has 0 aliphatic heterocycles. The third-order valence-corrected chi connectivity index (χ3v) is 5.07. The maximum Gasteiger partial charge on any atom is 0.222 e. The van der Waals surface area contributed by atoms with Gasteiger partial charge in [0.25, 0.3) is 0 Å². The number of nitrogens with zero attached hydrogens (tertiary/aromatic N) is 2. The molecule has 0 saturated heterocycles. The van der Waals surface area contributed by atoms with E-state index >= 15 is 0 Å². The first kappa shape index (κ1) is 18.3. The van der Waals surface area contributed by atoms with Crippen LogP contribution in [0.3, 0.4) is 0 Å². The number of benzene rings is 3. The van der Waals surface area contributed by atoms with Crippen LogP contribution in [0.5, 0.6) is 11.6 Å². The monoisotopic (exact) mass is 436 g/mol. The number of hydrogen-bond acceptors (Lipinski definition) is 4. The summed E-state index contributed by atoms with van der Waals surface area (Å²) in [7, 11) is 0. The molecule has 0 atom stereocenters. The Kier molecular flexibility index (Phi) is 5.12. The molecular weight excluding hydrogens is 420 g/mol. The van der Waals surface area contributed by atoms with Gasteiger partial charge in [-0.25, -0.2) is 0 Å². The van der Waals surface area contributed by atoms with Crippen LogP contribution in [0.15, 0.2) is 82.4 Å². The lowest BCUT2D eigenvalue weighted by Gasteiger charge is -2.10. The van der Waals surface area contributed by atoms with Gasteiger partial charge in [0.1, 0.15) is 12.4 Å². The number of ether oxygens (including phenoxy) is 1. The fourth-order valence-corrected chi connectivity index (χ4v) is 3.52. The van der Waals surface area contributed by atoms with E-state index in [1.807, 2.05) is 66.7 Å². The van der Waals surface area contributed by atoms with Gasteiger partial charge in [-0.3, -0.25) is 0 Å². The molecule has 1 heterocycles. The second-order valence-electron chi connectivity index (χ2n) is 6.43. The van der Waals surface area contributed by atoms with Crippen LogP contribution < -0.4 is 4.74 Å². The van der Waals surface area contributed by atoms with Gasteiger partial charge in [0.05, 0.1) is 12.1 Å². The van der Waals surface area contributed by atoms with E-state index in [4.69, 9.17) is 4.74 Å². The second-order valence-corrected chi connectivity index (χ2v) is 7.35. The summed E-state index contributed by atoms with van der Waals surface area (Å²) in [5.74, 6) is 0.640. The fraction of sp³-hybridized carbons (Fsp3) is 0.0909. The molecule has 140 valence electrons. The van der Waals surface area contributed by atoms with Crippen LogP contribution in [0.2, 0.25) is 0 Å². The number of aromatic nitrogens is 1. The molecule has 0 spiro atoms. The molecule has 1 aromatic heterocycles. The van der Waals surface area contributed by atoms with Crippen molar-refractivity contribution < 1.29 is 9.84 Å². The summed E-state index contributed by atoms with van der Waals surface area (Å²) < 4.78 is 8.31. The third kappa shape index (κ3) is 3.64. The van der Waals surface area contributed by atoms with E-state index in [2.05, 4.69) is 21.1 Å². The molecule has 0 radical (unpaired) electrons. The number of nitroso groups, excluding NO2 is 1. The summed E-state index contributed by atoms with van der Waals surface area (Å²) in [5.41, 5.74) is 2.88. The lowest BCUT2D eigenvalue weighted by molar-refractivity contribution is 0.306. The molecule has 0 bridgehead atoms. The lowest BCUT2D eigenvalue weighted by Crippen LogP contribution is -1.99. The number of fused-ring (bicyclic) bond motifs is 1. The molecule has 6 heteroatoms. The topological polar surface area (TPSA) is 63.8 Å². The Labute approximate surface area is 170 Å². The van der Waals surface area contributed by atoms with E-state index in [1.54, 1.807) is 10.6 Å². The predicted octanol–water partition coefficient (Wildman–Crippen LogP) is 6.13. The standard InChI is InChI=1S/C22H17BrN2O3/c23-17-8-11-20-19(12-17)21(24-27)22(26)25(20)13-15-6-9-18(10-7-15)28-14-16-4-2-1-3-5-16/h1-12,26H,13-14H2. The molecule has 0 fully saturated rings. The summed E-state index contributed by atoms with van der Waals surface area (Å²) in [5, 5.41) is 14.1. The normalized spacial score (nSPS) is 10.9. The average molecular weight is 437 g/mol. The molecule has 4 rings (SSSR count). The Bertz CT molecular complexity index is 1120. The summed E-state index contributed by atoms with van der Waals surface area (Å²) in [6, 6.07) is 23.2. The summed E-state index contributed by atoms with van der Waals surface area (Å²) in [6.45, 7) is 0.922. The Morgan fingerprint density at radius 1 is 0.964 bits per heavy atom. The highest BCUT2D eigenvalue weighted by Gasteiger charge is 2.18. The minimum absolute atomic E-state index is 0.0547. The Hall–Kier alpha value is -3.12. The van der Waals surface area contributed by atoms with E-state index in [0.29, 0.717) is 18.5 Å². The zero-order valence-electron chi connectivity index (χ0n) is 14.9. The zero-order valence-corrected chi connectivity index (χ0v) is 16.5. The first-order valence-corrected chi connectivity index (χ1v) is 9.55. The number of aromatic hydroxyl groups is 1. The maximum atomic E-state index is 11.2. The van der Waals surface area contributed by atoms with Crippen molar-refractivity contribution in [3.05, 3.63) is 93.3 Å². The van der Waals surface area contributed by atoms with E-state index in [1.165, 1.54) is 0 Å². The van der Waals surface area contributed by atoms with E-state index in [0.717, 1.165) is 26.9 Å². The van der Waals surface area contributed by atoms with Crippen LogP contribution in [0, 0.1) is 4.91 Å². The molecule has 0 unspecified atom stereocenters. The first-order valence-electron chi connectivity index (χ1n) is 8.75. The summed E-state index contributed by atoms with van der Waals surface area (Å²) in [6.07, 6.45) is 0. The smallest absolute Gasteiger partial charge is 0.222 e. The third-order valence-electron chi connectivity index (χ3n) is 4.58. The van der Waals surface area contributed by atoms with Gasteiger partial charge >= 0.3 is 0 Å². The van der Waals surface area contributed by atoms with Crippen molar-refractivity contribution in [3.8, 4) is 11.6 Å². The Morgan fingerprint density at radius 2 is 1.71 bits per heavy atom. The van der Waals surface area contributed by atoms with Crippen LogP contribution in [0.25, 0.3) is 10.9 Å². The van der Waals surface area contributed by atoms with Crippen molar-refractivity contribution in [1.82, 2.24) is 4.57 Å². The molecule has 1 N–H and O–H groups in total. The zero-order chi connectivity index (χ0) is 19.5. The van der Waals surface area contributed by atoms with Gasteiger partial charge in [0.2, 0.25) is 5.88 Å². The van der Waals surface area contributed by atoms with Gasteiger partial charge < -0.3 is 14.4 Å². The van der Waals surface area contributed by atoms with Crippen LogP contribution in [-0.4, -0.2) is 9.67 Å². The highest BCUT2D eigenvalue weighted by Crippen LogP contribution is 2.40. The minimum Gasteiger partial charge on any atom is -0.493 e. The Balaban J connectivity index is 1.55. The van der Waals surface area contributed by atoms with E-state index in [9.17, 15) is 10.0 Å². The van der Waals surface area contributed by atoms with Gasteiger partial charge in [-0.05, 0) is 46.6 Å². The summed E-state index contributed by atoms with van der Waals surface area (Å²) in [4.78, 5) is 11.2. The van der Waals surface area contributed by atoms with E-state index in [-0.39, 0.29) is 11.6 Å². The summed E-state index contributed by atoms with van der Waals surface area (Å²) >= 11 is 3.39. The number of rotatable bonds is 6. The van der Waals surface area contributed by atoms with Gasteiger partial charge in [-0.15, -0.1) is 4.91 Å². The second kappa shape index (κ2) is 7.86. The predicted molar refractivity (Wildman–Crippen MR) is 113 cm³/mol. The number of halogens is 1. The fourth-order valence-electron chi connectivity index (χ4n) is 3.16. The van der Waals surface area contributed by atoms with Crippen LogP contribution in [-0.2, 0) is 13.2 Å². The average Bonchev–Trinajstić information content (AvgIpc) is 2.98. The molecule has 0 saturated carbocycles. The number of hydrogen-bond donors (Lipinski definition) is 1. The van der Waals surface area contributed by atoms with Crippen molar-refractivity contribution >= 4 is 32.5 Å². The quantitative estimate of drug-likeness (QED) is 0.369. The SMILES string of the molecule is O=Nc1c(O)n(Cc2ccc(OCc3ccccc3)cc2)c2ccc(Br)cc12. The van der Waals surface area contributed by atoms with Crippen molar-refractivity contribution in [3.63, 3.8) is 0 Å². The molecule has 28 heavy (non-hydrogen) atoms. The largest absolute Gasteiger partial charge is 0.493 e. The van der Waals surface area contributed by atoms with Crippen molar-refractivity contribution in [1.29, 1.82) is 0 Å². The molecule has 4 aromatic rings. The lowest BCUT2D eigenvalue weighted by atomic mass is 10.2.